The molecule has 2 aliphatic rings. The van der Waals surface area contributed by atoms with Crippen LogP contribution in [0.2, 0.25) is 0 Å². The molecule has 1 fully saturated rings. The molecule has 0 atom stereocenters. The maximum absolute atomic E-state index is 13.8. The normalized spacial score (nSPS) is 18.3. The van der Waals surface area contributed by atoms with Crippen LogP contribution in [0.25, 0.3) is 0 Å². The molecule has 1 saturated heterocycles. The number of nitrogens with zero attached hydrogens (tertiary/aromatic N) is 1. The summed E-state index contributed by atoms with van der Waals surface area (Å²) in [5.74, 6) is 0.185. The molecule has 1 heterocycles. The smallest absolute Gasteiger partial charge is 0.494 e. The van der Waals surface area contributed by atoms with E-state index >= 15 is 0 Å². The molecule has 1 aromatic rings. The topological polar surface area (TPSA) is 77.1 Å². The molecule has 7 nitrogen and oxygen atoms in total. The Morgan fingerprint density at radius 2 is 1.63 bits per heavy atom. The molecule has 0 radical (unpaired) electrons. The standard InChI is InChI=1S/C28H41BN2O5.C2H6/c1-18-14-20(16-21(15-18)29-35-27(6,7)28(8,9)36-29)25(33)31(17-26(3,4)5)30-24(32)22-12-11-13-23(34-10)19(22)2;1-2/h12,14-16H,11,13,17H2,1-10H3,(H,30,32);1-2H3. The number of hydrazine groups is 1. The van der Waals surface area contributed by atoms with Crippen molar-refractivity contribution in [2.24, 2.45) is 5.41 Å². The molecule has 8 heteroatoms. The lowest BCUT2D eigenvalue weighted by Gasteiger charge is -2.32. The predicted octanol–water partition coefficient (Wildman–Crippen LogP) is 5.48. The molecule has 38 heavy (non-hydrogen) atoms. The maximum atomic E-state index is 13.8. The minimum atomic E-state index is -0.584. The molecule has 1 aliphatic carbocycles. The van der Waals surface area contributed by atoms with Crippen LogP contribution < -0.4 is 10.9 Å². The maximum Gasteiger partial charge on any atom is 0.494 e. The third-order valence-electron chi connectivity index (χ3n) is 7.02. The average molecular weight is 527 g/mol. The molecule has 0 spiro atoms. The molecule has 1 aromatic carbocycles. The van der Waals surface area contributed by atoms with E-state index in [0.29, 0.717) is 24.1 Å². The average Bonchev–Trinajstić information content (AvgIpc) is 3.05. The van der Waals surface area contributed by atoms with Gasteiger partial charge in [-0.15, -0.1) is 0 Å². The van der Waals surface area contributed by atoms with Crippen molar-refractivity contribution in [3.63, 3.8) is 0 Å². The van der Waals surface area contributed by atoms with Crippen molar-refractivity contribution in [2.45, 2.75) is 100 Å². The lowest BCUT2D eigenvalue weighted by atomic mass is 9.77. The Kier molecular flexibility index (Phi) is 10.1. The number of carbonyl (C=O) groups excluding carboxylic acids is 2. The highest BCUT2D eigenvalue weighted by atomic mass is 16.7. The van der Waals surface area contributed by atoms with Gasteiger partial charge in [0.2, 0.25) is 0 Å². The van der Waals surface area contributed by atoms with E-state index in [1.807, 2.05) is 94.4 Å². The zero-order chi connectivity index (χ0) is 29.1. The Hall–Kier alpha value is -2.58. The number of methoxy groups -OCH3 is 1. The Balaban J connectivity index is 0.00000247. The van der Waals surface area contributed by atoms with Crippen LogP contribution in [-0.4, -0.2) is 48.8 Å². The van der Waals surface area contributed by atoms with E-state index in [2.05, 4.69) is 5.43 Å². The Morgan fingerprint density at radius 3 is 2.16 bits per heavy atom. The SMILES string of the molecule is CC.COC1=C(C)C(C(=O)NN(CC(C)(C)C)C(=O)c2cc(C)cc(B3OC(C)(C)C(C)(C)O3)c2)=CCC1. The molecule has 1 aliphatic heterocycles. The number of benzene rings is 1. The third-order valence-corrected chi connectivity index (χ3v) is 7.02. The minimum absolute atomic E-state index is 0.245. The summed E-state index contributed by atoms with van der Waals surface area (Å²) in [6.45, 7) is 22.2. The highest BCUT2D eigenvalue weighted by Gasteiger charge is 2.51. The lowest BCUT2D eigenvalue weighted by molar-refractivity contribution is -0.121. The molecule has 3 rings (SSSR count). The van der Waals surface area contributed by atoms with E-state index in [1.165, 1.54) is 5.01 Å². The summed E-state index contributed by atoms with van der Waals surface area (Å²) in [4.78, 5) is 27.1. The quantitative estimate of drug-likeness (QED) is 0.406. The van der Waals surface area contributed by atoms with Crippen molar-refractivity contribution < 1.29 is 23.6 Å². The van der Waals surface area contributed by atoms with Gasteiger partial charge in [0.1, 0.15) is 0 Å². The van der Waals surface area contributed by atoms with Gasteiger partial charge in [-0.05, 0) is 76.5 Å². The molecule has 2 amide bonds. The molecular formula is C30H47BN2O5. The first-order valence-corrected chi connectivity index (χ1v) is 13.6. The second-order valence-corrected chi connectivity index (χ2v) is 12.0. The number of hydrogen-bond donors (Lipinski definition) is 1. The van der Waals surface area contributed by atoms with E-state index in [0.717, 1.165) is 28.8 Å². The summed E-state index contributed by atoms with van der Waals surface area (Å²) >= 11 is 0. The van der Waals surface area contributed by atoms with Gasteiger partial charge in [0.05, 0.1) is 24.1 Å². The third kappa shape index (κ3) is 7.29. The van der Waals surface area contributed by atoms with Crippen LogP contribution >= 0.6 is 0 Å². The Bertz CT molecular complexity index is 1080. The number of rotatable bonds is 5. The first-order chi connectivity index (χ1) is 17.5. The number of amides is 2. The summed E-state index contributed by atoms with van der Waals surface area (Å²) in [6, 6.07) is 5.60. The van der Waals surface area contributed by atoms with E-state index in [1.54, 1.807) is 13.2 Å². The van der Waals surface area contributed by atoms with Gasteiger partial charge < -0.3 is 14.0 Å². The highest BCUT2D eigenvalue weighted by molar-refractivity contribution is 6.62. The zero-order valence-electron chi connectivity index (χ0n) is 25.5. The number of allylic oxidation sites excluding steroid dienone is 2. The molecule has 0 bridgehead atoms. The summed E-state index contributed by atoms with van der Waals surface area (Å²) in [5.41, 5.74) is 5.13. The summed E-state index contributed by atoms with van der Waals surface area (Å²) in [6.07, 6.45) is 3.37. The van der Waals surface area contributed by atoms with Gasteiger partial charge >= 0.3 is 7.12 Å². The van der Waals surface area contributed by atoms with Crippen LogP contribution in [0.4, 0.5) is 0 Å². The van der Waals surface area contributed by atoms with E-state index < -0.39 is 18.3 Å². The van der Waals surface area contributed by atoms with Crippen LogP contribution in [0.15, 0.2) is 41.2 Å². The number of carbonyl (C=O) groups is 2. The Morgan fingerprint density at radius 1 is 1.05 bits per heavy atom. The largest absolute Gasteiger partial charge is 0.501 e. The van der Waals surface area contributed by atoms with Gasteiger partial charge in [-0.2, -0.15) is 0 Å². The van der Waals surface area contributed by atoms with Crippen LogP contribution in [0.3, 0.4) is 0 Å². The summed E-state index contributed by atoms with van der Waals surface area (Å²) in [7, 11) is 1.03. The fraction of sp³-hybridized carbons (Fsp3) is 0.600. The summed E-state index contributed by atoms with van der Waals surface area (Å²) < 4.78 is 17.9. The van der Waals surface area contributed by atoms with Gasteiger partial charge in [0.25, 0.3) is 11.8 Å². The number of nitrogens with one attached hydrogen (secondary N) is 1. The van der Waals surface area contributed by atoms with Crippen molar-refractivity contribution in [2.75, 3.05) is 13.7 Å². The predicted molar refractivity (Wildman–Crippen MR) is 154 cm³/mol. The van der Waals surface area contributed by atoms with Crippen molar-refractivity contribution >= 4 is 24.4 Å². The first kappa shape index (κ1) is 31.6. The van der Waals surface area contributed by atoms with Crippen LogP contribution in [0.1, 0.15) is 98.0 Å². The van der Waals surface area contributed by atoms with Crippen molar-refractivity contribution in [3.05, 3.63) is 52.3 Å². The second kappa shape index (κ2) is 12.1. The van der Waals surface area contributed by atoms with Gasteiger partial charge in [-0.3, -0.25) is 15.0 Å². The first-order valence-electron chi connectivity index (χ1n) is 13.6. The van der Waals surface area contributed by atoms with Crippen LogP contribution in [0.5, 0.6) is 0 Å². The van der Waals surface area contributed by atoms with Gasteiger partial charge in [-0.1, -0.05) is 52.3 Å². The summed E-state index contributed by atoms with van der Waals surface area (Å²) in [5, 5.41) is 1.42. The number of aryl methyl sites for hydroxylation is 1. The fourth-order valence-corrected chi connectivity index (χ4v) is 4.38. The van der Waals surface area contributed by atoms with E-state index in [4.69, 9.17) is 14.0 Å². The lowest BCUT2D eigenvalue weighted by Crippen LogP contribution is -2.50. The highest BCUT2D eigenvalue weighted by Crippen LogP contribution is 2.36. The monoisotopic (exact) mass is 526 g/mol. The van der Waals surface area contributed by atoms with Crippen molar-refractivity contribution in [1.29, 1.82) is 0 Å². The molecule has 210 valence electrons. The molecule has 0 unspecified atom stereocenters. The van der Waals surface area contributed by atoms with Crippen molar-refractivity contribution in [1.82, 2.24) is 10.4 Å². The molecular weight excluding hydrogens is 479 g/mol. The molecule has 0 aromatic heterocycles. The zero-order valence-corrected chi connectivity index (χ0v) is 25.5. The number of hydrogen-bond acceptors (Lipinski definition) is 5. The van der Waals surface area contributed by atoms with Gasteiger partial charge in [0.15, 0.2) is 0 Å². The van der Waals surface area contributed by atoms with E-state index in [-0.39, 0.29) is 17.2 Å². The van der Waals surface area contributed by atoms with E-state index in [9.17, 15) is 9.59 Å². The number of ether oxygens (including phenoxy) is 1. The van der Waals surface area contributed by atoms with Crippen LogP contribution in [0, 0.1) is 12.3 Å². The molecule has 1 N–H and O–H groups in total. The Labute approximate surface area is 230 Å². The van der Waals surface area contributed by atoms with Crippen LogP contribution in [-0.2, 0) is 18.8 Å². The fourth-order valence-electron chi connectivity index (χ4n) is 4.38. The minimum Gasteiger partial charge on any atom is -0.501 e. The second-order valence-electron chi connectivity index (χ2n) is 12.0. The van der Waals surface area contributed by atoms with Gasteiger partial charge in [0, 0.05) is 24.1 Å². The molecule has 0 saturated carbocycles. The van der Waals surface area contributed by atoms with Gasteiger partial charge in [-0.25, -0.2) is 5.01 Å². The van der Waals surface area contributed by atoms with Crippen molar-refractivity contribution in [3.8, 4) is 0 Å².